The Hall–Kier alpha value is -0.790. The Balaban J connectivity index is 1.65. The second-order valence-corrected chi connectivity index (χ2v) is 6.63. The van der Waals surface area contributed by atoms with Gasteiger partial charge in [-0.1, -0.05) is 38.8 Å². The maximum Gasteiger partial charge on any atom is 0.312 e. The van der Waals surface area contributed by atoms with Gasteiger partial charge < -0.3 is 4.74 Å². The number of ether oxygens (including phenoxy) is 1. The molecule has 0 amide bonds. The van der Waals surface area contributed by atoms with Crippen LogP contribution in [0.3, 0.4) is 0 Å². The highest BCUT2D eigenvalue weighted by Gasteiger charge is 2.50. The quantitative estimate of drug-likeness (QED) is 0.500. The van der Waals surface area contributed by atoms with Crippen molar-refractivity contribution in [3.8, 4) is 0 Å². The van der Waals surface area contributed by atoms with Crippen LogP contribution < -0.4 is 0 Å². The minimum Gasteiger partial charge on any atom is -0.461 e. The van der Waals surface area contributed by atoms with E-state index < -0.39 is 0 Å². The molecule has 0 aromatic heterocycles. The first-order valence-electron chi connectivity index (χ1n) is 7.98. The van der Waals surface area contributed by atoms with Crippen molar-refractivity contribution >= 4 is 5.97 Å². The van der Waals surface area contributed by atoms with Gasteiger partial charge in [0.2, 0.25) is 0 Å². The molecule has 2 aliphatic rings. The summed E-state index contributed by atoms with van der Waals surface area (Å²) >= 11 is 0. The van der Waals surface area contributed by atoms with E-state index in [4.69, 9.17) is 4.74 Å². The highest BCUT2D eigenvalue weighted by molar-refractivity contribution is 5.77. The van der Waals surface area contributed by atoms with Crippen LogP contribution >= 0.6 is 0 Å². The molecule has 1 unspecified atom stereocenters. The van der Waals surface area contributed by atoms with Gasteiger partial charge in [0.15, 0.2) is 0 Å². The van der Waals surface area contributed by atoms with Gasteiger partial charge in [-0.25, -0.2) is 0 Å². The van der Waals surface area contributed by atoms with Crippen LogP contribution in [0.25, 0.3) is 0 Å². The zero-order chi connectivity index (χ0) is 13.7. The molecule has 0 spiro atoms. The number of hydrogen-bond acceptors (Lipinski definition) is 2. The lowest BCUT2D eigenvalue weighted by Gasteiger charge is -2.23. The second kappa shape index (κ2) is 6.58. The molecule has 108 valence electrons. The summed E-state index contributed by atoms with van der Waals surface area (Å²) in [6.07, 6.45) is 13.5. The molecule has 0 aromatic rings. The van der Waals surface area contributed by atoms with Gasteiger partial charge in [0.05, 0.1) is 5.41 Å². The van der Waals surface area contributed by atoms with Crippen LogP contribution in [0, 0.1) is 17.3 Å². The van der Waals surface area contributed by atoms with E-state index in [1.165, 1.54) is 25.7 Å². The first kappa shape index (κ1) is 14.6. The van der Waals surface area contributed by atoms with Gasteiger partial charge in [0, 0.05) is 0 Å². The van der Waals surface area contributed by atoms with E-state index >= 15 is 0 Å². The van der Waals surface area contributed by atoms with Crippen LogP contribution in [-0.2, 0) is 9.53 Å². The molecule has 1 atom stereocenters. The number of fused-ring (bicyclic) bond motifs is 2. The highest BCUT2D eigenvalue weighted by atomic mass is 16.5. The summed E-state index contributed by atoms with van der Waals surface area (Å²) < 4.78 is 5.46. The number of rotatable bonds is 7. The molecule has 0 N–H and O–H groups in total. The first-order chi connectivity index (χ1) is 9.16. The van der Waals surface area contributed by atoms with E-state index in [1.54, 1.807) is 0 Å². The summed E-state index contributed by atoms with van der Waals surface area (Å²) in [6.45, 7) is 4.96. The molecule has 2 nitrogen and oxygen atoms in total. The summed E-state index contributed by atoms with van der Waals surface area (Å²) in [5, 5.41) is 0. The zero-order valence-electron chi connectivity index (χ0n) is 12.5. The predicted octanol–water partition coefficient (Wildman–Crippen LogP) is 4.49. The van der Waals surface area contributed by atoms with Crippen LogP contribution in [0.4, 0.5) is 0 Å². The van der Waals surface area contributed by atoms with Gasteiger partial charge in [0.25, 0.3) is 0 Å². The number of hydrogen-bond donors (Lipinski definition) is 0. The average Bonchev–Trinajstić information content (AvgIpc) is 3.00. The molecule has 0 saturated heterocycles. The van der Waals surface area contributed by atoms with Crippen molar-refractivity contribution in [2.75, 3.05) is 6.61 Å². The fourth-order valence-electron chi connectivity index (χ4n) is 3.76. The monoisotopic (exact) mass is 264 g/mol. The Kier molecular flexibility index (Phi) is 5.06. The Morgan fingerprint density at radius 2 is 2.11 bits per heavy atom. The van der Waals surface area contributed by atoms with Gasteiger partial charge in [-0.2, -0.15) is 0 Å². The molecule has 19 heavy (non-hydrogen) atoms. The van der Waals surface area contributed by atoms with Crippen LogP contribution in [0.1, 0.15) is 65.2 Å². The van der Waals surface area contributed by atoms with Crippen molar-refractivity contribution in [3.05, 3.63) is 12.2 Å². The Morgan fingerprint density at radius 3 is 2.68 bits per heavy atom. The van der Waals surface area contributed by atoms with E-state index in [1.807, 2.05) is 6.08 Å². The minimum atomic E-state index is -0.0893. The summed E-state index contributed by atoms with van der Waals surface area (Å²) in [4.78, 5) is 12.2. The summed E-state index contributed by atoms with van der Waals surface area (Å²) in [5.41, 5.74) is -0.0893. The molecule has 0 heterocycles. The maximum atomic E-state index is 12.2. The van der Waals surface area contributed by atoms with Gasteiger partial charge in [-0.3, -0.25) is 4.79 Å². The van der Waals surface area contributed by atoms with Crippen LogP contribution in [0.2, 0.25) is 0 Å². The molecule has 2 rings (SSSR count). The molecule has 0 aliphatic heterocycles. The molecule has 2 bridgehead atoms. The number of carbonyl (C=O) groups excluding carboxylic acids is 1. The molecule has 0 aromatic carbocycles. The van der Waals surface area contributed by atoms with Crippen molar-refractivity contribution in [1.82, 2.24) is 0 Å². The van der Waals surface area contributed by atoms with Crippen molar-refractivity contribution in [3.63, 3.8) is 0 Å². The first-order valence-corrected chi connectivity index (χ1v) is 7.98. The SMILES string of the molecule is CCCC(C)C/C=C\COC(=O)C12CCC(CC1)C2. The number of esters is 1. The topological polar surface area (TPSA) is 26.3 Å². The molecular formula is C17H28O2. The van der Waals surface area contributed by atoms with Crippen LogP contribution in [0.15, 0.2) is 12.2 Å². The predicted molar refractivity (Wildman–Crippen MR) is 77.8 cm³/mol. The summed E-state index contributed by atoms with van der Waals surface area (Å²) in [7, 11) is 0. The van der Waals surface area contributed by atoms with E-state index in [2.05, 4.69) is 19.9 Å². The van der Waals surface area contributed by atoms with Gasteiger partial charge in [0.1, 0.15) is 6.61 Å². The molecule has 2 fully saturated rings. The molecule has 2 saturated carbocycles. The van der Waals surface area contributed by atoms with Gasteiger partial charge in [-0.05, 0) is 50.4 Å². The Bertz CT molecular complexity index is 324. The third-order valence-corrected chi connectivity index (χ3v) is 4.97. The third-order valence-electron chi connectivity index (χ3n) is 4.97. The fraction of sp³-hybridized carbons (Fsp3) is 0.824. The normalized spacial score (nSPS) is 30.9. The minimum absolute atomic E-state index is 0.0683. The summed E-state index contributed by atoms with van der Waals surface area (Å²) in [6, 6.07) is 0. The maximum absolute atomic E-state index is 12.2. The van der Waals surface area contributed by atoms with Crippen molar-refractivity contribution in [1.29, 1.82) is 0 Å². The van der Waals surface area contributed by atoms with Gasteiger partial charge >= 0.3 is 5.97 Å². The fourth-order valence-corrected chi connectivity index (χ4v) is 3.76. The lowest BCUT2D eigenvalue weighted by Crippen LogP contribution is -2.28. The van der Waals surface area contributed by atoms with Crippen molar-refractivity contribution < 1.29 is 9.53 Å². The molecule has 2 aliphatic carbocycles. The second-order valence-electron chi connectivity index (χ2n) is 6.63. The third kappa shape index (κ3) is 3.61. The largest absolute Gasteiger partial charge is 0.461 e. The standard InChI is InChI=1S/C17H28O2/c1-3-6-14(2)7-4-5-12-19-16(18)17-10-8-15(13-17)9-11-17/h4-5,14-15H,3,6-13H2,1-2H3/b5-4-. The van der Waals surface area contributed by atoms with E-state index in [0.717, 1.165) is 37.5 Å². The number of allylic oxidation sites excluding steroid dienone is 1. The number of carbonyl (C=O) groups is 1. The molecular weight excluding hydrogens is 236 g/mol. The van der Waals surface area contributed by atoms with Gasteiger partial charge in [-0.15, -0.1) is 0 Å². The smallest absolute Gasteiger partial charge is 0.312 e. The van der Waals surface area contributed by atoms with Crippen molar-refractivity contribution in [2.24, 2.45) is 17.3 Å². The van der Waals surface area contributed by atoms with Crippen molar-refractivity contribution in [2.45, 2.75) is 65.2 Å². The Labute approximate surface area is 117 Å². The lowest BCUT2D eigenvalue weighted by atomic mass is 9.84. The Morgan fingerprint density at radius 1 is 1.37 bits per heavy atom. The van der Waals surface area contributed by atoms with E-state index in [-0.39, 0.29) is 11.4 Å². The lowest BCUT2D eigenvalue weighted by molar-refractivity contribution is -0.154. The molecule has 0 radical (unpaired) electrons. The average molecular weight is 264 g/mol. The van der Waals surface area contributed by atoms with E-state index in [9.17, 15) is 4.79 Å². The molecule has 2 heteroatoms. The zero-order valence-corrected chi connectivity index (χ0v) is 12.5. The highest BCUT2D eigenvalue weighted by Crippen LogP contribution is 2.54. The van der Waals surface area contributed by atoms with Crippen LogP contribution in [0.5, 0.6) is 0 Å². The van der Waals surface area contributed by atoms with Crippen LogP contribution in [-0.4, -0.2) is 12.6 Å². The van der Waals surface area contributed by atoms with E-state index in [0.29, 0.717) is 6.61 Å². The summed E-state index contributed by atoms with van der Waals surface area (Å²) in [5.74, 6) is 1.61.